The predicted molar refractivity (Wildman–Crippen MR) is 278 cm³/mol. The maximum atomic E-state index is 14.1. The van der Waals surface area contributed by atoms with E-state index in [1.54, 1.807) is 30.4 Å². The average molecular weight is 976 g/mol. The van der Waals surface area contributed by atoms with Crippen molar-refractivity contribution in [1.29, 1.82) is 0 Å². The van der Waals surface area contributed by atoms with Crippen LogP contribution in [0.5, 0.6) is 0 Å². The van der Waals surface area contributed by atoms with Crippen molar-refractivity contribution in [3.63, 3.8) is 0 Å². The van der Waals surface area contributed by atoms with Crippen molar-refractivity contribution in [3.8, 4) is 11.3 Å². The van der Waals surface area contributed by atoms with E-state index in [0.717, 1.165) is 88.1 Å². The van der Waals surface area contributed by atoms with Gasteiger partial charge >= 0.3 is 0 Å². The summed E-state index contributed by atoms with van der Waals surface area (Å²) in [5.74, 6) is 0.0395. The van der Waals surface area contributed by atoms with Gasteiger partial charge in [-0.15, -0.1) is 0 Å². The van der Waals surface area contributed by atoms with Crippen LogP contribution in [-0.2, 0) is 49.1 Å². The molecule has 0 radical (unpaired) electrons. The number of carbonyl (C=O) groups is 3. The zero-order valence-corrected chi connectivity index (χ0v) is 41.8. The smallest absolute Gasteiger partial charge is 0.293 e. The second-order valence-electron chi connectivity index (χ2n) is 21.2. The zero-order valence-electron chi connectivity index (χ0n) is 41.8. The number of rotatable bonds is 11. The second kappa shape index (κ2) is 19.0. The van der Waals surface area contributed by atoms with Gasteiger partial charge in [0.2, 0.25) is 5.91 Å². The standard InChI is InChI=1S/C55H65N11O6/c1-6-49(68)58-43-27-36(57-50-54(71)60(5)32-44(59-50)39-12-17-56-51(42(39)33-67)65-23-22-64-47(53(65)70)26-35-28-55(3,4)29-48(35)64)10-11-46(43)63-21-20-62(30-34(63)2)37-13-18-61(19-14-37)45-9-7-8-40-41(45)31-66(52(40)69)38-15-24-72-25-16-38/h6-12,17,26-27,32,34,37-38,67H,1,13-16,18-25,28-31,33H2,2-5H3,(H,57,59)(H,58,68)/t34-/m0/s1. The second-order valence-corrected chi connectivity index (χ2v) is 21.2. The third-order valence-corrected chi connectivity index (χ3v) is 16.0. The summed E-state index contributed by atoms with van der Waals surface area (Å²) in [6.45, 7) is 17.4. The van der Waals surface area contributed by atoms with E-state index >= 15 is 0 Å². The summed E-state index contributed by atoms with van der Waals surface area (Å²) in [5.41, 5.74) is 9.42. The monoisotopic (exact) mass is 976 g/mol. The largest absolute Gasteiger partial charge is 0.392 e. The number of fused-ring (bicyclic) bond motifs is 4. The normalized spacial score (nSPS) is 20.4. The Hall–Kier alpha value is -6.82. The Morgan fingerprint density at radius 2 is 1.71 bits per heavy atom. The number of piperidine rings is 1. The first-order chi connectivity index (χ1) is 34.8. The molecule has 17 nitrogen and oxygen atoms in total. The molecule has 3 aromatic heterocycles. The highest BCUT2D eigenvalue weighted by atomic mass is 16.5. The molecular weight excluding hydrogens is 911 g/mol. The number of aromatic nitrogens is 4. The quantitative estimate of drug-likeness (QED) is 0.130. The van der Waals surface area contributed by atoms with Gasteiger partial charge in [0.15, 0.2) is 5.82 Å². The van der Waals surface area contributed by atoms with Gasteiger partial charge in [0.25, 0.3) is 17.4 Å². The van der Waals surface area contributed by atoms with Gasteiger partial charge in [0, 0.05) is 142 Å². The van der Waals surface area contributed by atoms with E-state index in [1.807, 2.05) is 36.4 Å². The number of aliphatic hydroxyl groups excluding tert-OH is 1. The molecule has 11 rings (SSSR count). The summed E-state index contributed by atoms with van der Waals surface area (Å²) in [6.07, 6.45) is 10.1. The van der Waals surface area contributed by atoms with Crippen molar-refractivity contribution in [2.24, 2.45) is 12.5 Å². The minimum absolute atomic E-state index is 0.0467. The minimum atomic E-state index is -0.405. The fraction of sp³-hybridized carbons (Fsp3) is 0.455. The maximum absolute atomic E-state index is 14.1. The molecule has 17 heteroatoms. The van der Waals surface area contributed by atoms with Gasteiger partial charge in [-0.05, 0) is 105 Å². The Morgan fingerprint density at radius 1 is 0.903 bits per heavy atom. The van der Waals surface area contributed by atoms with Crippen LogP contribution in [0.1, 0.15) is 89.7 Å². The molecule has 3 amide bonds. The molecule has 1 atom stereocenters. The van der Waals surface area contributed by atoms with E-state index in [0.29, 0.717) is 78.6 Å². The minimum Gasteiger partial charge on any atom is -0.392 e. The first-order valence-electron chi connectivity index (χ1n) is 25.6. The number of aryl methyl sites for hydroxylation is 1. The lowest BCUT2D eigenvalue weighted by Crippen LogP contribution is -2.57. The highest BCUT2D eigenvalue weighted by Crippen LogP contribution is 2.41. The number of pyridine rings is 1. The maximum Gasteiger partial charge on any atom is 0.293 e. The van der Waals surface area contributed by atoms with E-state index in [2.05, 4.69) is 73.2 Å². The van der Waals surface area contributed by atoms with Crippen LogP contribution in [0, 0.1) is 5.41 Å². The number of nitrogens with zero attached hydrogens (tertiary/aromatic N) is 9. The van der Waals surface area contributed by atoms with Crippen molar-refractivity contribution in [2.75, 3.05) is 77.8 Å². The van der Waals surface area contributed by atoms with E-state index < -0.39 is 6.61 Å². The number of hydrogen-bond acceptors (Lipinski definition) is 12. The summed E-state index contributed by atoms with van der Waals surface area (Å²) in [4.78, 5) is 74.8. The molecule has 0 saturated carbocycles. The molecule has 0 spiro atoms. The Labute approximate surface area is 420 Å². The average Bonchev–Trinajstić information content (AvgIpc) is 4.02. The van der Waals surface area contributed by atoms with Gasteiger partial charge in [0.05, 0.1) is 23.7 Å². The molecule has 3 saturated heterocycles. The molecule has 72 heavy (non-hydrogen) atoms. The van der Waals surface area contributed by atoms with Gasteiger partial charge in [-0.25, -0.2) is 9.97 Å². The van der Waals surface area contributed by atoms with Crippen molar-refractivity contribution < 1.29 is 24.2 Å². The van der Waals surface area contributed by atoms with E-state index in [1.165, 1.54) is 27.6 Å². The number of carbonyl (C=O) groups excluding carboxylic acids is 3. The van der Waals surface area contributed by atoms with Crippen molar-refractivity contribution in [2.45, 2.75) is 97.1 Å². The number of anilines is 6. The van der Waals surface area contributed by atoms with Crippen LogP contribution in [-0.4, -0.2) is 122 Å². The van der Waals surface area contributed by atoms with E-state index in [4.69, 9.17) is 9.72 Å². The Balaban J connectivity index is 0.779. The molecular formula is C55H65N11O6. The lowest BCUT2D eigenvalue weighted by molar-refractivity contribution is -0.111. The van der Waals surface area contributed by atoms with Crippen LogP contribution in [0.2, 0.25) is 0 Å². The lowest BCUT2D eigenvalue weighted by Gasteiger charge is -2.47. The lowest BCUT2D eigenvalue weighted by atomic mass is 9.90. The Kier molecular flexibility index (Phi) is 12.5. The third-order valence-electron chi connectivity index (χ3n) is 16.0. The molecule has 376 valence electrons. The topological polar surface area (TPSA) is 174 Å². The molecule has 3 fully saturated rings. The van der Waals surface area contributed by atoms with Gasteiger partial charge in [-0.1, -0.05) is 26.5 Å². The van der Waals surface area contributed by atoms with Crippen molar-refractivity contribution in [3.05, 3.63) is 118 Å². The van der Waals surface area contributed by atoms with Gasteiger partial charge in [-0.3, -0.25) is 29.0 Å². The van der Waals surface area contributed by atoms with Crippen LogP contribution < -0.4 is 30.9 Å². The summed E-state index contributed by atoms with van der Waals surface area (Å²) in [7, 11) is 1.64. The number of amides is 3. The van der Waals surface area contributed by atoms with Gasteiger partial charge in [-0.2, -0.15) is 0 Å². The summed E-state index contributed by atoms with van der Waals surface area (Å²) >= 11 is 0. The van der Waals surface area contributed by atoms with Crippen LogP contribution >= 0.6 is 0 Å². The van der Waals surface area contributed by atoms with Crippen LogP contribution in [0.25, 0.3) is 11.3 Å². The summed E-state index contributed by atoms with van der Waals surface area (Å²) < 4.78 is 9.17. The Bertz CT molecular complexity index is 3040. The number of nitrogens with one attached hydrogen (secondary N) is 2. The summed E-state index contributed by atoms with van der Waals surface area (Å²) in [6, 6.07) is 16.4. The molecule has 0 unspecified atom stereocenters. The first-order valence-corrected chi connectivity index (χ1v) is 25.6. The Morgan fingerprint density at radius 3 is 2.47 bits per heavy atom. The number of hydrogen-bond donors (Lipinski definition) is 3. The fourth-order valence-electron chi connectivity index (χ4n) is 12.4. The van der Waals surface area contributed by atoms with E-state index in [9.17, 15) is 24.3 Å². The molecule has 5 aromatic rings. The first kappa shape index (κ1) is 47.5. The summed E-state index contributed by atoms with van der Waals surface area (Å²) in [5, 5.41) is 17.1. The molecule has 6 aliphatic rings. The van der Waals surface area contributed by atoms with Gasteiger partial charge in [0.1, 0.15) is 11.5 Å². The van der Waals surface area contributed by atoms with Crippen molar-refractivity contribution >= 4 is 52.1 Å². The zero-order chi connectivity index (χ0) is 50.0. The molecule has 8 heterocycles. The highest BCUT2D eigenvalue weighted by molar-refractivity contribution is 6.06. The van der Waals surface area contributed by atoms with Crippen LogP contribution in [0.4, 0.5) is 34.4 Å². The molecule has 1 aliphatic carbocycles. The number of benzene rings is 2. The van der Waals surface area contributed by atoms with Crippen LogP contribution in [0.3, 0.4) is 0 Å². The number of ether oxygens (including phenoxy) is 1. The van der Waals surface area contributed by atoms with Gasteiger partial charge < -0.3 is 44.3 Å². The predicted octanol–water partition coefficient (Wildman–Crippen LogP) is 6.10. The molecule has 3 N–H and O–H groups in total. The molecule has 0 bridgehead atoms. The van der Waals surface area contributed by atoms with Crippen LogP contribution in [0.15, 0.2) is 78.4 Å². The van der Waals surface area contributed by atoms with E-state index in [-0.39, 0.29) is 46.6 Å². The highest BCUT2D eigenvalue weighted by Gasteiger charge is 2.40. The number of aliphatic hydroxyl groups is 1. The number of piperazine rings is 1. The third kappa shape index (κ3) is 8.64. The fourth-order valence-corrected chi connectivity index (χ4v) is 12.4. The SMILES string of the molecule is C=CC(=O)Nc1cc(Nc2nc(-c3ccnc(N4CCn5c(cc6c5CC(C)(C)C6)C4=O)c3CO)cn(C)c2=O)ccc1N1CCN(C2CCN(c3cccc4c3CN(C3CCOCC3)C4=O)CC2)C[C@@H]1C. The van der Waals surface area contributed by atoms with Crippen molar-refractivity contribution in [1.82, 2.24) is 28.9 Å². The molecule has 5 aliphatic heterocycles. The molecule has 2 aromatic carbocycles.